The van der Waals surface area contributed by atoms with Crippen LogP contribution in [0.2, 0.25) is 0 Å². The van der Waals surface area contributed by atoms with Crippen LogP contribution in [-0.2, 0) is 16.6 Å². The van der Waals surface area contributed by atoms with Crippen molar-refractivity contribution in [1.29, 1.82) is 0 Å². The average molecular weight is 535 g/mol. The zero-order valence-electron chi connectivity index (χ0n) is 20.3. The maximum atomic E-state index is 13.7. The van der Waals surface area contributed by atoms with E-state index in [1.54, 1.807) is 30.5 Å². The number of amides is 1. The molecule has 0 saturated carbocycles. The lowest BCUT2D eigenvalue weighted by Gasteiger charge is -2.21. The van der Waals surface area contributed by atoms with Gasteiger partial charge in [0.05, 0.1) is 28.8 Å². The van der Waals surface area contributed by atoms with Crippen molar-refractivity contribution in [3.63, 3.8) is 0 Å². The third-order valence-corrected chi connectivity index (χ3v) is 8.43. The van der Waals surface area contributed by atoms with Crippen molar-refractivity contribution in [2.45, 2.75) is 11.4 Å². The lowest BCUT2D eigenvalue weighted by Crippen LogP contribution is -2.32. The van der Waals surface area contributed by atoms with E-state index in [9.17, 15) is 13.2 Å². The van der Waals surface area contributed by atoms with Crippen LogP contribution in [0.25, 0.3) is 10.2 Å². The molecule has 0 aliphatic carbocycles. The van der Waals surface area contributed by atoms with E-state index in [1.165, 1.54) is 52.1 Å². The molecule has 0 atom stereocenters. The van der Waals surface area contributed by atoms with Crippen LogP contribution < -0.4 is 9.64 Å². The van der Waals surface area contributed by atoms with E-state index in [-0.39, 0.29) is 30.4 Å². The molecule has 4 rings (SSSR count). The summed E-state index contributed by atoms with van der Waals surface area (Å²) in [5.74, 6) is 0.362. The van der Waals surface area contributed by atoms with Crippen LogP contribution in [0, 0.1) is 0 Å². The number of carbonyl (C=O) groups excluding carboxylic acids is 1. The number of ether oxygens (including phenoxy) is 1. The molecule has 1 amide bonds. The second-order valence-electron chi connectivity index (χ2n) is 8.01. The molecule has 4 aromatic rings. The summed E-state index contributed by atoms with van der Waals surface area (Å²) in [4.78, 5) is 24.2. The van der Waals surface area contributed by atoms with Gasteiger partial charge in [0.15, 0.2) is 5.13 Å². The summed E-state index contributed by atoms with van der Waals surface area (Å²) in [5, 5.41) is 0.511. The largest absolute Gasteiger partial charge is 0.497 e. The van der Waals surface area contributed by atoms with Gasteiger partial charge in [0, 0.05) is 37.1 Å². The molecule has 37 heavy (non-hydrogen) atoms. The Morgan fingerprint density at radius 2 is 1.81 bits per heavy atom. The first kappa shape index (κ1) is 26.2. The highest BCUT2D eigenvalue weighted by Crippen LogP contribution is 2.33. The first-order chi connectivity index (χ1) is 17.9. The van der Waals surface area contributed by atoms with Gasteiger partial charge < -0.3 is 4.74 Å². The molecule has 0 radical (unpaired) electrons. The minimum absolute atomic E-state index is 0.0821. The number of rotatable bonds is 11. The van der Waals surface area contributed by atoms with E-state index in [1.807, 2.05) is 24.3 Å². The summed E-state index contributed by atoms with van der Waals surface area (Å²) in [6, 6.07) is 15.2. The number of benzene rings is 2. The van der Waals surface area contributed by atoms with E-state index < -0.39 is 10.0 Å². The Morgan fingerprint density at radius 1 is 1.08 bits per heavy atom. The second kappa shape index (κ2) is 11.5. The van der Waals surface area contributed by atoms with Gasteiger partial charge in [-0.3, -0.25) is 14.7 Å². The van der Waals surface area contributed by atoms with Crippen molar-refractivity contribution >= 4 is 42.6 Å². The van der Waals surface area contributed by atoms with Crippen LogP contribution in [0.5, 0.6) is 5.75 Å². The molecule has 0 aliphatic heterocycles. The number of fused-ring (bicyclic) bond motifs is 1. The highest BCUT2D eigenvalue weighted by atomic mass is 32.2. The number of thiazole rings is 1. The Bertz CT molecular complexity index is 1510. The minimum atomic E-state index is -3.78. The number of anilines is 1. The number of methoxy groups -OCH3 is 1. The van der Waals surface area contributed by atoms with Gasteiger partial charge in [-0.2, -0.15) is 4.31 Å². The second-order valence-corrected chi connectivity index (χ2v) is 11.0. The van der Waals surface area contributed by atoms with Crippen molar-refractivity contribution in [2.24, 2.45) is 0 Å². The van der Waals surface area contributed by atoms with E-state index >= 15 is 0 Å². The van der Waals surface area contributed by atoms with Crippen LogP contribution in [0.1, 0.15) is 15.9 Å². The molecule has 2 heterocycles. The number of hydrogen-bond donors (Lipinski definition) is 0. The maximum absolute atomic E-state index is 13.7. The van der Waals surface area contributed by atoms with Gasteiger partial charge in [-0.25, -0.2) is 13.4 Å². The van der Waals surface area contributed by atoms with Gasteiger partial charge in [0.2, 0.25) is 10.0 Å². The first-order valence-electron chi connectivity index (χ1n) is 11.3. The summed E-state index contributed by atoms with van der Waals surface area (Å²) >= 11 is 1.39. The Hall–Kier alpha value is -3.86. The lowest BCUT2D eigenvalue weighted by atomic mass is 10.2. The monoisotopic (exact) mass is 534 g/mol. The molecule has 0 bridgehead atoms. The van der Waals surface area contributed by atoms with Crippen molar-refractivity contribution in [1.82, 2.24) is 14.3 Å². The van der Waals surface area contributed by atoms with Gasteiger partial charge in [0.25, 0.3) is 5.91 Å². The molecule has 0 saturated heterocycles. The van der Waals surface area contributed by atoms with Crippen LogP contribution in [0.15, 0.2) is 97.2 Å². The summed E-state index contributed by atoms with van der Waals surface area (Å²) < 4.78 is 33.6. The molecular formula is C27H26N4O4S2. The van der Waals surface area contributed by atoms with Crippen LogP contribution in [0.4, 0.5) is 5.13 Å². The van der Waals surface area contributed by atoms with Crippen molar-refractivity contribution < 1.29 is 17.9 Å². The SMILES string of the molecule is C=CCN(CC=C)S(=O)(=O)c1ccc(C(=O)N(Cc2cccnc2)c2nc3cc(OC)ccc3s2)cc1. The zero-order chi connectivity index (χ0) is 26.4. The van der Waals surface area contributed by atoms with Gasteiger partial charge in [-0.1, -0.05) is 29.6 Å². The van der Waals surface area contributed by atoms with E-state index in [0.717, 1.165) is 10.3 Å². The Balaban J connectivity index is 1.69. The molecule has 0 spiro atoms. The molecule has 0 fully saturated rings. The molecule has 0 N–H and O–H groups in total. The minimum Gasteiger partial charge on any atom is -0.497 e. The zero-order valence-corrected chi connectivity index (χ0v) is 21.9. The van der Waals surface area contributed by atoms with Crippen molar-refractivity contribution in [3.8, 4) is 5.75 Å². The quantitative estimate of drug-likeness (QED) is 0.254. The number of hydrogen-bond acceptors (Lipinski definition) is 7. The van der Waals surface area contributed by atoms with Gasteiger partial charge in [-0.15, -0.1) is 13.2 Å². The Kier molecular flexibility index (Phi) is 8.12. The molecule has 10 heteroatoms. The summed E-state index contributed by atoms with van der Waals surface area (Å²) in [6.07, 6.45) is 6.40. The predicted octanol–water partition coefficient (Wildman–Crippen LogP) is 4.91. The Labute approximate surface area is 220 Å². The first-order valence-corrected chi connectivity index (χ1v) is 13.6. The third kappa shape index (κ3) is 5.77. The summed E-state index contributed by atoms with van der Waals surface area (Å²) in [7, 11) is -2.19. The lowest BCUT2D eigenvalue weighted by molar-refractivity contribution is 0.0985. The van der Waals surface area contributed by atoms with Crippen molar-refractivity contribution in [2.75, 3.05) is 25.1 Å². The van der Waals surface area contributed by atoms with Gasteiger partial charge in [0.1, 0.15) is 5.75 Å². The van der Waals surface area contributed by atoms with Gasteiger partial charge in [-0.05, 0) is 48.0 Å². The molecular weight excluding hydrogens is 508 g/mol. The predicted molar refractivity (Wildman–Crippen MR) is 147 cm³/mol. The number of nitrogens with zero attached hydrogens (tertiary/aromatic N) is 4. The topological polar surface area (TPSA) is 92.7 Å². The third-order valence-electron chi connectivity index (χ3n) is 5.53. The number of aromatic nitrogens is 2. The molecule has 0 unspecified atom stereocenters. The fourth-order valence-electron chi connectivity index (χ4n) is 3.67. The fourth-order valence-corrected chi connectivity index (χ4v) is 6.00. The average Bonchev–Trinajstić information content (AvgIpc) is 3.35. The fraction of sp³-hybridized carbons (Fsp3) is 0.148. The number of sulfonamides is 1. The molecule has 2 aromatic carbocycles. The smallest absolute Gasteiger partial charge is 0.260 e. The highest BCUT2D eigenvalue weighted by Gasteiger charge is 2.25. The van der Waals surface area contributed by atoms with Crippen LogP contribution in [-0.4, -0.2) is 48.8 Å². The number of carbonyl (C=O) groups is 1. The standard InChI is InChI=1S/C27H26N4O4S2/c1-4-15-30(16-5-2)37(33,34)23-11-8-21(9-12-23)26(32)31(19-20-7-6-14-28-18-20)27-29-24-17-22(35-3)10-13-25(24)36-27/h4-14,17-18H,1-2,15-16,19H2,3H3. The van der Waals surface area contributed by atoms with E-state index in [0.29, 0.717) is 22.0 Å². The normalized spacial score (nSPS) is 11.4. The highest BCUT2D eigenvalue weighted by molar-refractivity contribution is 7.89. The van der Waals surface area contributed by atoms with Crippen LogP contribution >= 0.6 is 11.3 Å². The van der Waals surface area contributed by atoms with Crippen molar-refractivity contribution in [3.05, 3.63) is 103 Å². The molecule has 2 aromatic heterocycles. The molecule has 190 valence electrons. The summed E-state index contributed by atoms with van der Waals surface area (Å²) in [5.41, 5.74) is 1.88. The maximum Gasteiger partial charge on any atom is 0.260 e. The van der Waals surface area contributed by atoms with Crippen LogP contribution in [0.3, 0.4) is 0 Å². The molecule has 0 aliphatic rings. The Morgan fingerprint density at radius 3 is 2.43 bits per heavy atom. The molecule has 8 nitrogen and oxygen atoms in total. The van der Waals surface area contributed by atoms with E-state index in [4.69, 9.17) is 4.74 Å². The van der Waals surface area contributed by atoms with E-state index in [2.05, 4.69) is 23.1 Å². The van der Waals surface area contributed by atoms with Gasteiger partial charge >= 0.3 is 0 Å². The number of pyridine rings is 1. The summed E-state index contributed by atoms with van der Waals surface area (Å²) in [6.45, 7) is 7.80.